The summed E-state index contributed by atoms with van der Waals surface area (Å²) in [6, 6.07) is 14.6. The molecule has 1 unspecified atom stereocenters. The van der Waals surface area contributed by atoms with Crippen LogP contribution in [-0.4, -0.2) is 87.3 Å². The molecule has 4 N–H and O–H groups in total. The number of benzene rings is 2. The first-order valence-corrected chi connectivity index (χ1v) is 13.3. The van der Waals surface area contributed by atoms with Crippen molar-refractivity contribution in [1.82, 2.24) is 9.80 Å². The minimum absolute atomic E-state index is 0.354. The van der Waals surface area contributed by atoms with Crippen molar-refractivity contribution in [3.05, 3.63) is 82.4 Å². The van der Waals surface area contributed by atoms with E-state index in [0.717, 1.165) is 36.2 Å². The van der Waals surface area contributed by atoms with E-state index >= 15 is 0 Å². The number of carboxylic acids is 4. The number of hydrogen-bond donors (Lipinski definition) is 4. The third-order valence-corrected chi connectivity index (χ3v) is 6.87. The van der Waals surface area contributed by atoms with Crippen LogP contribution in [0.4, 0.5) is 0 Å². The molecule has 0 amide bonds. The SMILES string of the molecule is CC(c1cc(Cl)ccc1Sc1ccc(Cl)cc1)N1CCN(C)CC1.O=C(O)/C=C\C(=O)O.O=C(O)/C=C\C(=O)O. The first-order valence-electron chi connectivity index (χ1n) is 11.7. The van der Waals surface area contributed by atoms with Crippen molar-refractivity contribution in [2.75, 3.05) is 33.2 Å². The molecule has 0 aromatic heterocycles. The molecule has 0 aliphatic carbocycles. The number of carboxylic acid groups (broad SMARTS) is 4. The molecule has 1 aliphatic rings. The average Bonchev–Trinajstić information content (AvgIpc) is 2.89. The van der Waals surface area contributed by atoms with Gasteiger partial charge in [0.25, 0.3) is 0 Å². The highest BCUT2D eigenvalue weighted by atomic mass is 35.5. The van der Waals surface area contributed by atoms with Crippen molar-refractivity contribution < 1.29 is 39.6 Å². The predicted molar refractivity (Wildman–Crippen MR) is 153 cm³/mol. The summed E-state index contributed by atoms with van der Waals surface area (Å²) in [7, 11) is 2.18. The predicted octanol–water partition coefficient (Wildman–Crippen LogP) is 4.88. The highest BCUT2D eigenvalue weighted by Crippen LogP contribution is 2.37. The second kappa shape index (κ2) is 18.1. The Labute approximate surface area is 246 Å². The molecule has 3 rings (SSSR count). The number of nitrogens with zero attached hydrogens (tertiary/aromatic N) is 2. The van der Waals surface area contributed by atoms with Crippen LogP contribution in [0, 0.1) is 0 Å². The van der Waals surface area contributed by atoms with Gasteiger partial charge >= 0.3 is 23.9 Å². The van der Waals surface area contributed by atoms with E-state index in [-0.39, 0.29) is 0 Å². The van der Waals surface area contributed by atoms with Crippen LogP contribution in [0.3, 0.4) is 0 Å². The Morgan fingerprint density at radius 1 is 0.750 bits per heavy atom. The number of hydrogen-bond acceptors (Lipinski definition) is 7. The maximum atomic E-state index is 9.55. The minimum Gasteiger partial charge on any atom is -0.478 e. The van der Waals surface area contributed by atoms with E-state index in [0.29, 0.717) is 30.3 Å². The molecule has 1 atom stereocenters. The molecule has 1 heterocycles. The van der Waals surface area contributed by atoms with Gasteiger partial charge in [0.05, 0.1) is 0 Å². The molecule has 0 radical (unpaired) electrons. The van der Waals surface area contributed by atoms with E-state index in [1.807, 2.05) is 18.2 Å². The Bertz CT molecular complexity index is 1150. The van der Waals surface area contributed by atoms with Gasteiger partial charge in [-0.2, -0.15) is 0 Å². The van der Waals surface area contributed by atoms with Gasteiger partial charge in [-0.15, -0.1) is 0 Å². The third kappa shape index (κ3) is 14.7. The molecule has 0 bridgehead atoms. The maximum absolute atomic E-state index is 9.55. The fourth-order valence-corrected chi connectivity index (χ4v) is 4.58. The molecule has 0 spiro atoms. The van der Waals surface area contributed by atoms with Gasteiger partial charge < -0.3 is 25.3 Å². The van der Waals surface area contributed by atoms with Gasteiger partial charge in [-0.1, -0.05) is 35.0 Å². The van der Waals surface area contributed by atoms with Gasteiger partial charge in [0.15, 0.2) is 0 Å². The number of halogens is 2. The average molecular weight is 614 g/mol. The van der Waals surface area contributed by atoms with Crippen LogP contribution in [0.2, 0.25) is 10.0 Å². The zero-order valence-corrected chi connectivity index (χ0v) is 24.1. The van der Waals surface area contributed by atoms with E-state index in [1.165, 1.54) is 15.4 Å². The van der Waals surface area contributed by atoms with Crippen molar-refractivity contribution in [3.8, 4) is 0 Å². The lowest BCUT2D eigenvalue weighted by Gasteiger charge is -2.37. The number of carbonyl (C=O) groups is 4. The standard InChI is InChI=1S/C19H22Cl2N2S.2C4H4O4/c1-14(23-11-9-22(2)10-12-23)18-13-16(21)5-8-19(18)24-17-6-3-15(20)4-7-17;2*5-3(6)1-2-4(7)8/h3-8,13-14H,9-12H2,1-2H3;2*1-2H,(H,5,6)(H,7,8)/b;2*2-1-. The second-order valence-corrected chi connectivity index (χ2v) is 10.3. The molecule has 10 nitrogen and oxygen atoms in total. The molecular weight excluding hydrogens is 583 g/mol. The zero-order chi connectivity index (χ0) is 30.2. The Kier molecular flexibility index (Phi) is 15.7. The third-order valence-electron chi connectivity index (χ3n) is 5.29. The first kappa shape index (κ1) is 34.7. The summed E-state index contributed by atoms with van der Waals surface area (Å²) in [6.07, 6.45) is 2.23. The molecule has 2 aromatic rings. The van der Waals surface area contributed by atoms with Crippen molar-refractivity contribution in [2.45, 2.75) is 22.8 Å². The highest BCUT2D eigenvalue weighted by Gasteiger charge is 2.22. The second-order valence-electron chi connectivity index (χ2n) is 8.27. The molecule has 1 saturated heterocycles. The smallest absolute Gasteiger partial charge is 0.328 e. The highest BCUT2D eigenvalue weighted by molar-refractivity contribution is 7.99. The zero-order valence-electron chi connectivity index (χ0n) is 21.7. The Hall–Kier alpha value is -3.35. The van der Waals surface area contributed by atoms with Crippen molar-refractivity contribution in [3.63, 3.8) is 0 Å². The lowest BCUT2D eigenvalue weighted by molar-refractivity contribution is -0.134. The van der Waals surface area contributed by atoms with Crippen LogP contribution in [0.1, 0.15) is 18.5 Å². The van der Waals surface area contributed by atoms with Crippen LogP contribution >= 0.6 is 35.0 Å². The van der Waals surface area contributed by atoms with E-state index in [9.17, 15) is 19.2 Å². The quantitative estimate of drug-likeness (QED) is 0.301. The molecule has 13 heteroatoms. The molecule has 2 aromatic carbocycles. The number of likely N-dealkylation sites (N-methyl/N-ethyl adjacent to an activating group) is 1. The molecule has 0 saturated carbocycles. The number of aliphatic carboxylic acids is 4. The summed E-state index contributed by atoms with van der Waals surface area (Å²) in [4.78, 5) is 45.6. The van der Waals surface area contributed by atoms with E-state index in [2.05, 4.69) is 48.0 Å². The Balaban J connectivity index is 0.000000412. The monoisotopic (exact) mass is 612 g/mol. The van der Waals surface area contributed by atoms with Crippen molar-refractivity contribution >= 4 is 58.8 Å². The van der Waals surface area contributed by atoms with Crippen LogP contribution in [0.25, 0.3) is 0 Å². The molecule has 40 heavy (non-hydrogen) atoms. The lowest BCUT2D eigenvalue weighted by Crippen LogP contribution is -2.45. The van der Waals surface area contributed by atoms with Gasteiger partial charge in [0.1, 0.15) is 0 Å². The number of piperazine rings is 1. The fourth-order valence-electron chi connectivity index (χ4n) is 3.26. The summed E-state index contributed by atoms with van der Waals surface area (Å²) in [5.74, 6) is -5.03. The normalized spacial score (nSPS) is 14.5. The van der Waals surface area contributed by atoms with E-state index < -0.39 is 23.9 Å². The van der Waals surface area contributed by atoms with Gasteiger partial charge in [0.2, 0.25) is 0 Å². The summed E-state index contributed by atoms with van der Waals surface area (Å²) >= 11 is 14.1. The summed E-state index contributed by atoms with van der Waals surface area (Å²) in [5.41, 5.74) is 1.30. The topological polar surface area (TPSA) is 156 Å². The van der Waals surface area contributed by atoms with E-state index in [4.69, 9.17) is 43.6 Å². The van der Waals surface area contributed by atoms with E-state index in [1.54, 1.807) is 11.8 Å². The fraction of sp³-hybridized carbons (Fsp3) is 0.259. The van der Waals surface area contributed by atoms with Crippen LogP contribution in [0.15, 0.2) is 76.6 Å². The Morgan fingerprint density at radius 3 is 1.60 bits per heavy atom. The van der Waals surface area contributed by atoms with Gasteiger partial charge in [-0.3, -0.25) is 4.90 Å². The van der Waals surface area contributed by atoms with Crippen LogP contribution in [-0.2, 0) is 19.2 Å². The molecule has 1 fully saturated rings. The van der Waals surface area contributed by atoms with Gasteiger partial charge in [-0.05, 0) is 62.0 Å². The molecule has 216 valence electrons. The first-order chi connectivity index (χ1) is 18.8. The van der Waals surface area contributed by atoms with Crippen LogP contribution < -0.4 is 0 Å². The van der Waals surface area contributed by atoms with Crippen LogP contribution in [0.5, 0.6) is 0 Å². The largest absolute Gasteiger partial charge is 0.478 e. The summed E-state index contributed by atoms with van der Waals surface area (Å²) < 4.78 is 0. The molecule has 1 aliphatic heterocycles. The van der Waals surface area contributed by atoms with Crippen molar-refractivity contribution in [1.29, 1.82) is 0 Å². The lowest BCUT2D eigenvalue weighted by atomic mass is 10.1. The summed E-state index contributed by atoms with van der Waals surface area (Å²) in [6.45, 7) is 6.70. The summed E-state index contributed by atoms with van der Waals surface area (Å²) in [5, 5.41) is 32.8. The maximum Gasteiger partial charge on any atom is 0.328 e. The van der Waals surface area contributed by atoms with Crippen molar-refractivity contribution in [2.24, 2.45) is 0 Å². The van der Waals surface area contributed by atoms with Gasteiger partial charge in [-0.25, -0.2) is 19.2 Å². The number of rotatable bonds is 8. The minimum atomic E-state index is -1.26. The van der Waals surface area contributed by atoms with Gasteiger partial charge in [0, 0.05) is 76.4 Å². The Morgan fingerprint density at radius 2 is 1.18 bits per heavy atom. The molecular formula is C27H30Cl2N2O8S.